The summed E-state index contributed by atoms with van der Waals surface area (Å²) in [4.78, 5) is 14.5. The van der Waals surface area contributed by atoms with Crippen LogP contribution in [0.3, 0.4) is 0 Å². The molecule has 6 nitrogen and oxygen atoms in total. The molecule has 1 unspecified atom stereocenters. The van der Waals surface area contributed by atoms with Crippen LogP contribution in [0.2, 0.25) is 0 Å². The monoisotopic (exact) mass is 361 g/mol. The lowest BCUT2D eigenvalue weighted by Gasteiger charge is -2.27. The smallest absolute Gasteiger partial charge is 0.254 e. The molecule has 1 amide bonds. The highest BCUT2D eigenvalue weighted by Gasteiger charge is 2.34. The zero-order chi connectivity index (χ0) is 18.0. The van der Waals surface area contributed by atoms with Gasteiger partial charge < -0.3 is 4.90 Å². The molecule has 7 heteroatoms. The average molecular weight is 361 g/mol. The Hall–Kier alpha value is -2.15. The normalized spacial score (nSPS) is 21.9. The lowest BCUT2D eigenvalue weighted by Crippen LogP contribution is -2.41. The highest BCUT2D eigenvalue weighted by atomic mass is 32.2. The Morgan fingerprint density at radius 1 is 1.40 bits per heavy atom. The van der Waals surface area contributed by atoms with E-state index in [1.165, 1.54) is 0 Å². The number of benzene rings is 1. The van der Waals surface area contributed by atoms with Gasteiger partial charge in [-0.2, -0.15) is 5.10 Å². The van der Waals surface area contributed by atoms with E-state index in [2.05, 4.69) is 11.7 Å². The Morgan fingerprint density at radius 3 is 2.64 bits per heavy atom. The van der Waals surface area contributed by atoms with E-state index in [-0.39, 0.29) is 23.5 Å². The van der Waals surface area contributed by atoms with Crippen molar-refractivity contribution in [1.82, 2.24) is 4.90 Å². The van der Waals surface area contributed by atoms with Gasteiger partial charge in [0, 0.05) is 36.8 Å². The number of carbonyl (C=O) groups excluding carboxylic acids is 1. The number of hydrogen-bond donors (Lipinski definition) is 0. The second-order valence-electron chi connectivity index (χ2n) is 6.56. The van der Waals surface area contributed by atoms with Crippen molar-refractivity contribution in [2.75, 3.05) is 29.6 Å². The van der Waals surface area contributed by atoms with Gasteiger partial charge in [0.2, 0.25) is 0 Å². The molecule has 1 aromatic rings. The van der Waals surface area contributed by atoms with Gasteiger partial charge in [-0.3, -0.25) is 9.80 Å². The van der Waals surface area contributed by atoms with E-state index in [9.17, 15) is 13.2 Å². The summed E-state index contributed by atoms with van der Waals surface area (Å²) in [6.07, 6.45) is 3.07. The third-order valence-corrected chi connectivity index (χ3v) is 6.38. The first kappa shape index (κ1) is 17.7. The van der Waals surface area contributed by atoms with Crippen molar-refractivity contribution in [2.24, 2.45) is 5.10 Å². The zero-order valence-electron chi connectivity index (χ0n) is 14.4. The Kier molecular flexibility index (Phi) is 4.94. The highest BCUT2D eigenvalue weighted by Crippen LogP contribution is 2.23. The first-order valence-electron chi connectivity index (χ1n) is 8.43. The lowest BCUT2D eigenvalue weighted by atomic mass is 10.1. The van der Waals surface area contributed by atoms with Crippen molar-refractivity contribution in [2.45, 2.75) is 25.8 Å². The summed E-state index contributed by atoms with van der Waals surface area (Å²) in [7, 11) is -3.05. The van der Waals surface area contributed by atoms with E-state index in [0.717, 1.165) is 24.4 Å². The molecule has 0 aliphatic carbocycles. The number of sulfone groups is 1. The van der Waals surface area contributed by atoms with Crippen LogP contribution < -0.4 is 5.01 Å². The Bertz CT molecular complexity index is 799. The number of hydrazone groups is 1. The van der Waals surface area contributed by atoms with E-state index in [4.69, 9.17) is 0 Å². The Morgan fingerprint density at radius 2 is 2.12 bits per heavy atom. The van der Waals surface area contributed by atoms with Gasteiger partial charge in [0.25, 0.3) is 5.91 Å². The number of hydrogen-bond acceptors (Lipinski definition) is 5. The number of carbonyl (C=O) groups is 1. The molecule has 0 saturated carbocycles. The number of rotatable bonds is 5. The maximum absolute atomic E-state index is 12.9. The summed E-state index contributed by atoms with van der Waals surface area (Å²) in [6, 6.07) is 7.04. The van der Waals surface area contributed by atoms with Gasteiger partial charge in [-0.1, -0.05) is 6.08 Å². The van der Waals surface area contributed by atoms with Gasteiger partial charge >= 0.3 is 0 Å². The van der Waals surface area contributed by atoms with E-state index < -0.39 is 9.84 Å². The zero-order valence-corrected chi connectivity index (χ0v) is 15.2. The van der Waals surface area contributed by atoms with Crippen LogP contribution >= 0.6 is 0 Å². The largest absolute Gasteiger partial charge is 0.331 e. The topological polar surface area (TPSA) is 70.1 Å². The summed E-state index contributed by atoms with van der Waals surface area (Å²) in [5.41, 5.74) is 2.60. The van der Waals surface area contributed by atoms with Gasteiger partial charge in [-0.15, -0.1) is 6.58 Å². The number of amides is 1. The molecular weight excluding hydrogens is 338 g/mol. The van der Waals surface area contributed by atoms with Crippen molar-refractivity contribution in [3.63, 3.8) is 0 Å². The standard InChI is InChI=1S/C18H23N3O3S/c1-3-10-20(17-9-12-25(23,24)13-17)18(22)15-4-6-16(7-5-15)21-11-8-14(2)19-21/h3-7,17H,1,8-13H2,2H3. The van der Waals surface area contributed by atoms with Crippen molar-refractivity contribution in [3.8, 4) is 0 Å². The maximum atomic E-state index is 12.9. The van der Waals surface area contributed by atoms with Gasteiger partial charge in [0.15, 0.2) is 9.84 Å². The summed E-state index contributed by atoms with van der Waals surface area (Å²) < 4.78 is 23.5. The van der Waals surface area contributed by atoms with E-state index in [0.29, 0.717) is 18.5 Å². The Labute approximate surface area is 148 Å². The fraction of sp³-hybridized carbons (Fsp3) is 0.444. The molecular formula is C18H23N3O3S. The maximum Gasteiger partial charge on any atom is 0.254 e. The molecule has 0 radical (unpaired) electrons. The molecule has 1 aromatic carbocycles. The van der Waals surface area contributed by atoms with Crippen LogP contribution in [-0.4, -0.2) is 55.6 Å². The van der Waals surface area contributed by atoms with Crippen LogP contribution in [0.1, 0.15) is 30.1 Å². The summed E-state index contributed by atoms with van der Waals surface area (Å²) in [5, 5.41) is 6.38. The fourth-order valence-corrected chi connectivity index (χ4v) is 4.99. The molecule has 0 N–H and O–H groups in total. The fourth-order valence-electron chi connectivity index (χ4n) is 3.26. The molecule has 2 aliphatic rings. The summed E-state index contributed by atoms with van der Waals surface area (Å²) in [6.45, 7) is 6.89. The second-order valence-corrected chi connectivity index (χ2v) is 8.79. The Balaban J connectivity index is 1.77. The van der Waals surface area contributed by atoms with Gasteiger partial charge in [0.05, 0.1) is 17.2 Å². The lowest BCUT2D eigenvalue weighted by molar-refractivity contribution is 0.0720. The molecule has 134 valence electrons. The van der Waals surface area contributed by atoms with Crippen LogP contribution in [0.25, 0.3) is 0 Å². The molecule has 1 fully saturated rings. The molecule has 0 bridgehead atoms. The van der Waals surface area contributed by atoms with Crippen molar-refractivity contribution < 1.29 is 13.2 Å². The summed E-state index contributed by atoms with van der Waals surface area (Å²) in [5.74, 6) is 0.0191. The third kappa shape index (κ3) is 3.92. The minimum Gasteiger partial charge on any atom is -0.331 e. The average Bonchev–Trinajstić information content (AvgIpc) is 3.17. The third-order valence-electron chi connectivity index (χ3n) is 4.62. The number of nitrogens with zero attached hydrogens (tertiary/aromatic N) is 3. The minimum atomic E-state index is -3.05. The summed E-state index contributed by atoms with van der Waals surface area (Å²) >= 11 is 0. The quantitative estimate of drug-likeness (QED) is 0.753. The van der Waals surface area contributed by atoms with Gasteiger partial charge in [-0.25, -0.2) is 8.42 Å². The van der Waals surface area contributed by atoms with Crippen LogP contribution in [0.5, 0.6) is 0 Å². The minimum absolute atomic E-state index is 0.0342. The van der Waals surface area contributed by atoms with Crippen molar-refractivity contribution >= 4 is 27.1 Å². The van der Waals surface area contributed by atoms with E-state index in [1.807, 2.05) is 24.1 Å². The second kappa shape index (κ2) is 7.00. The number of anilines is 1. The van der Waals surface area contributed by atoms with Crippen LogP contribution in [0, 0.1) is 0 Å². The molecule has 1 atom stereocenters. The molecule has 2 heterocycles. The predicted octanol–water partition coefficient (Wildman–Crippen LogP) is 2.09. The van der Waals surface area contributed by atoms with Gasteiger partial charge in [0.1, 0.15) is 0 Å². The van der Waals surface area contributed by atoms with Crippen LogP contribution in [-0.2, 0) is 9.84 Å². The first-order chi connectivity index (χ1) is 11.9. The van der Waals surface area contributed by atoms with Gasteiger partial charge in [-0.05, 0) is 37.6 Å². The van der Waals surface area contributed by atoms with E-state index in [1.54, 1.807) is 23.1 Å². The van der Waals surface area contributed by atoms with Crippen LogP contribution in [0.4, 0.5) is 5.69 Å². The molecule has 0 spiro atoms. The predicted molar refractivity (Wildman–Crippen MR) is 99.8 cm³/mol. The molecule has 2 aliphatic heterocycles. The van der Waals surface area contributed by atoms with Crippen molar-refractivity contribution in [3.05, 3.63) is 42.5 Å². The van der Waals surface area contributed by atoms with E-state index >= 15 is 0 Å². The van der Waals surface area contributed by atoms with Crippen LogP contribution in [0.15, 0.2) is 42.0 Å². The molecule has 0 aromatic heterocycles. The molecule has 3 rings (SSSR count). The highest BCUT2D eigenvalue weighted by molar-refractivity contribution is 7.91. The first-order valence-corrected chi connectivity index (χ1v) is 10.3. The SMILES string of the molecule is C=CCN(C(=O)c1ccc(N2CCC(C)=N2)cc1)C1CCS(=O)(=O)C1. The molecule has 1 saturated heterocycles. The van der Waals surface area contributed by atoms with Crippen molar-refractivity contribution in [1.29, 1.82) is 0 Å². The molecule has 25 heavy (non-hydrogen) atoms.